The van der Waals surface area contributed by atoms with Crippen molar-refractivity contribution < 1.29 is 23.6 Å². The van der Waals surface area contributed by atoms with E-state index in [1.807, 2.05) is 36.4 Å². The largest absolute Gasteiger partial charge is 0.478 e. The lowest BCUT2D eigenvalue weighted by Crippen LogP contribution is -2.02. The zero-order valence-electron chi connectivity index (χ0n) is 16.1. The first-order valence-electron chi connectivity index (χ1n) is 9.26. The smallest absolute Gasteiger partial charge is 0.337 e. The Balaban J connectivity index is 1.63. The molecule has 8 heteroatoms. The summed E-state index contributed by atoms with van der Waals surface area (Å²) in [6, 6.07) is 15.3. The summed E-state index contributed by atoms with van der Waals surface area (Å²) in [6.07, 6.45) is 5.94. The molecular weight excluding hydrogens is 401 g/mol. The molecule has 7 nitrogen and oxygen atoms in total. The Hall–Kier alpha value is -4.33. The van der Waals surface area contributed by atoms with Crippen molar-refractivity contribution in [2.45, 2.75) is 6.61 Å². The van der Waals surface area contributed by atoms with Gasteiger partial charge in [-0.3, -0.25) is 4.98 Å². The molecule has 0 unspecified atom stereocenters. The highest BCUT2D eigenvalue weighted by molar-refractivity contribution is 5.87. The van der Waals surface area contributed by atoms with Crippen molar-refractivity contribution in [2.24, 2.45) is 0 Å². The molecule has 154 valence electrons. The molecule has 4 rings (SSSR count). The maximum Gasteiger partial charge on any atom is 0.337 e. The predicted octanol–water partition coefficient (Wildman–Crippen LogP) is 4.72. The van der Waals surface area contributed by atoms with Crippen LogP contribution in [0.2, 0.25) is 0 Å². The van der Waals surface area contributed by atoms with Crippen LogP contribution in [0.1, 0.15) is 27.2 Å². The highest BCUT2D eigenvalue weighted by atomic mass is 19.1. The Morgan fingerprint density at radius 2 is 1.87 bits per heavy atom. The number of benzene rings is 1. The fraction of sp³-hybridized carbons (Fsp3) is 0.0435. The van der Waals surface area contributed by atoms with Gasteiger partial charge < -0.3 is 14.4 Å². The molecule has 1 aromatic carbocycles. The van der Waals surface area contributed by atoms with E-state index < -0.39 is 11.8 Å². The zero-order valence-corrected chi connectivity index (χ0v) is 16.1. The fourth-order valence-electron chi connectivity index (χ4n) is 2.78. The summed E-state index contributed by atoms with van der Waals surface area (Å²) in [7, 11) is 0. The maximum atomic E-state index is 13.3. The number of hydrogen-bond donors (Lipinski definition) is 1. The molecule has 0 aliphatic rings. The molecule has 1 N–H and O–H groups in total. The van der Waals surface area contributed by atoms with Gasteiger partial charge >= 0.3 is 5.97 Å². The van der Waals surface area contributed by atoms with Gasteiger partial charge in [-0.1, -0.05) is 41.6 Å². The Morgan fingerprint density at radius 1 is 1.03 bits per heavy atom. The minimum atomic E-state index is -1.07. The van der Waals surface area contributed by atoms with Gasteiger partial charge in [0, 0.05) is 12.3 Å². The van der Waals surface area contributed by atoms with Gasteiger partial charge in [0.1, 0.15) is 18.1 Å². The molecule has 31 heavy (non-hydrogen) atoms. The Morgan fingerprint density at radius 3 is 2.55 bits per heavy atom. The molecule has 0 fully saturated rings. The summed E-state index contributed by atoms with van der Waals surface area (Å²) in [4.78, 5) is 19.0. The molecule has 0 saturated heterocycles. The number of nitrogens with zero attached hydrogens (tertiary/aromatic N) is 3. The van der Waals surface area contributed by atoms with Crippen LogP contribution >= 0.6 is 0 Å². The van der Waals surface area contributed by atoms with Crippen molar-refractivity contribution in [3.8, 4) is 17.3 Å². The lowest BCUT2D eigenvalue weighted by Gasteiger charge is -2.06. The molecule has 0 radical (unpaired) electrons. The molecule has 3 aromatic heterocycles. The molecule has 0 amide bonds. The summed E-state index contributed by atoms with van der Waals surface area (Å²) in [5.41, 5.74) is 2.46. The quantitative estimate of drug-likeness (QED) is 0.465. The average Bonchev–Trinajstić information content (AvgIpc) is 3.20. The van der Waals surface area contributed by atoms with E-state index in [9.17, 15) is 9.18 Å². The number of hydrogen-bond acceptors (Lipinski definition) is 6. The Bertz CT molecular complexity index is 1200. The Labute approximate surface area is 176 Å². The number of aromatic nitrogens is 3. The minimum absolute atomic E-state index is 0.0335. The zero-order chi connectivity index (χ0) is 21.6. The van der Waals surface area contributed by atoms with Crippen LogP contribution in [0.4, 0.5) is 4.39 Å². The number of carboxylic acids is 1. The molecule has 0 atom stereocenters. The first-order chi connectivity index (χ1) is 15.1. The molecule has 3 heterocycles. The lowest BCUT2D eigenvalue weighted by molar-refractivity contribution is 0.0696. The average molecular weight is 417 g/mol. The predicted molar refractivity (Wildman–Crippen MR) is 111 cm³/mol. The number of halogens is 1. The van der Waals surface area contributed by atoms with E-state index in [2.05, 4.69) is 15.1 Å². The van der Waals surface area contributed by atoms with Gasteiger partial charge in [-0.05, 0) is 29.8 Å². The van der Waals surface area contributed by atoms with E-state index in [1.165, 1.54) is 30.5 Å². The van der Waals surface area contributed by atoms with Gasteiger partial charge in [0.05, 0.1) is 23.0 Å². The van der Waals surface area contributed by atoms with Crippen molar-refractivity contribution in [1.82, 2.24) is 15.1 Å². The topological polar surface area (TPSA) is 98.3 Å². The van der Waals surface area contributed by atoms with Crippen LogP contribution in [0.3, 0.4) is 0 Å². The summed E-state index contributed by atoms with van der Waals surface area (Å²) >= 11 is 0. The second-order valence-corrected chi connectivity index (χ2v) is 6.46. The molecule has 0 spiro atoms. The number of carbonyl (C=O) groups is 1. The van der Waals surface area contributed by atoms with Crippen molar-refractivity contribution in [3.63, 3.8) is 0 Å². The Kier molecular flexibility index (Phi) is 5.79. The molecule has 0 bridgehead atoms. The van der Waals surface area contributed by atoms with Gasteiger partial charge in [-0.25, -0.2) is 14.2 Å². The summed E-state index contributed by atoms with van der Waals surface area (Å²) in [6.45, 7) is 0.0335. The fourth-order valence-corrected chi connectivity index (χ4v) is 2.78. The second-order valence-electron chi connectivity index (χ2n) is 6.46. The number of aromatic carboxylic acids is 1. The highest BCUT2D eigenvalue weighted by Crippen LogP contribution is 2.27. The van der Waals surface area contributed by atoms with Crippen molar-refractivity contribution in [2.75, 3.05) is 0 Å². The normalized spacial score (nSPS) is 11.0. The van der Waals surface area contributed by atoms with E-state index in [0.717, 1.165) is 11.8 Å². The molecule has 0 aliphatic heterocycles. The van der Waals surface area contributed by atoms with Gasteiger partial charge in [-0.15, -0.1) is 0 Å². The van der Waals surface area contributed by atoms with Crippen molar-refractivity contribution >= 4 is 18.1 Å². The first-order valence-corrected chi connectivity index (χ1v) is 9.26. The van der Waals surface area contributed by atoms with Crippen molar-refractivity contribution in [3.05, 3.63) is 95.3 Å². The molecule has 0 saturated carbocycles. The summed E-state index contributed by atoms with van der Waals surface area (Å²) < 4.78 is 24.5. The van der Waals surface area contributed by atoms with E-state index in [-0.39, 0.29) is 18.1 Å². The van der Waals surface area contributed by atoms with E-state index in [0.29, 0.717) is 22.7 Å². The number of pyridine rings is 2. The van der Waals surface area contributed by atoms with Crippen molar-refractivity contribution in [1.29, 1.82) is 0 Å². The first kappa shape index (κ1) is 20.0. The van der Waals surface area contributed by atoms with Crippen LogP contribution in [0, 0.1) is 5.82 Å². The third kappa shape index (κ3) is 4.81. The number of carboxylic acid groups (broad SMARTS) is 1. The van der Waals surface area contributed by atoms with Crippen LogP contribution < -0.4 is 4.74 Å². The minimum Gasteiger partial charge on any atom is -0.478 e. The van der Waals surface area contributed by atoms with E-state index >= 15 is 0 Å². The molecule has 4 aromatic rings. The van der Waals surface area contributed by atoms with Crippen LogP contribution in [0.25, 0.3) is 23.5 Å². The van der Waals surface area contributed by atoms with E-state index in [1.54, 1.807) is 6.08 Å². The van der Waals surface area contributed by atoms with Gasteiger partial charge in [-0.2, -0.15) is 0 Å². The van der Waals surface area contributed by atoms with E-state index in [4.69, 9.17) is 14.4 Å². The van der Waals surface area contributed by atoms with Crippen LogP contribution in [0.15, 0.2) is 71.5 Å². The van der Waals surface area contributed by atoms with Crippen LogP contribution in [0.5, 0.6) is 5.88 Å². The third-order valence-corrected chi connectivity index (χ3v) is 4.36. The lowest BCUT2D eigenvalue weighted by atomic mass is 10.1. The monoisotopic (exact) mass is 417 g/mol. The number of rotatable bonds is 7. The van der Waals surface area contributed by atoms with Gasteiger partial charge in [0.15, 0.2) is 5.76 Å². The summed E-state index contributed by atoms with van der Waals surface area (Å²) in [5.74, 6) is -0.845. The standard InChI is InChI=1S/C23H16FN3O4/c24-17-8-9-19(25-13-17)22-18(14-30-21-11-7-16(12-26-21)23(28)29)20(31-27-22)10-6-15-4-2-1-3-5-15/h1-13H,14H2,(H,28,29)/b10-6+. The van der Waals surface area contributed by atoms with Crippen LogP contribution in [-0.2, 0) is 6.61 Å². The molecule has 0 aliphatic carbocycles. The maximum absolute atomic E-state index is 13.3. The SMILES string of the molecule is O=C(O)c1ccc(OCc2c(-c3ccc(F)cn3)noc2/C=C/c2ccccc2)nc1. The van der Waals surface area contributed by atoms with Crippen LogP contribution in [-0.4, -0.2) is 26.2 Å². The third-order valence-electron chi connectivity index (χ3n) is 4.36. The van der Waals surface area contributed by atoms with Gasteiger partial charge in [0.25, 0.3) is 0 Å². The number of ether oxygens (including phenoxy) is 1. The molecular formula is C23H16FN3O4. The summed E-state index contributed by atoms with van der Waals surface area (Å²) in [5, 5.41) is 13.1. The van der Waals surface area contributed by atoms with Gasteiger partial charge in [0.2, 0.25) is 5.88 Å². The second kappa shape index (κ2) is 9.00. The highest BCUT2D eigenvalue weighted by Gasteiger charge is 2.18.